The van der Waals surface area contributed by atoms with Crippen molar-refractivity contribution in [2.45, 2.75) is 97.6 Å². The molecule has 1 heterocycles. The molecule has 12 atom stereocenters. The Labute approximate surface area is 204 Å². The molecule has 0 bridgehead atoms. The predicted molar refractivity (Wildman–Crippen MR) is 129 cm³/mol. The second kappa shape index (κ2) is 9.17. The maximum atomic E-state index is 13.0. The maximum absolute atomic E-state index is 13.0. The summed E-state index contributed by atoms with van der Waals surface area (Å²) < 4.78 is 5.85. The van der Waals surface area contributed by atoms with Crippen LogP contribution in [0.25, 0.3) is 0 Å². The molecule has 3 saturated carbocycles. The van der Waals surface area contributed by atoms with E-state index in [1.54, 1.807) is 0 Å². The van der Waals surface area contributed by atoms with Crippen LogP contribution in [0, 0.1) is 52.3 Å². The molecule has 3 aliphatic carbocycles. The number of fused-ring (bicyclic) bond motifs is 5. The monoisotopic (exact) mass is 478 g/mol. The zero-order chi connectivity index (χ0) is 25.2. The molecule has 4 fully saturated rings. The Hall–Kier alpha value is -0.950. The maximum Gasteiger partial charge on any atom is 0.309 e. The number of aliphatic hydroxyl groups excluding tert-OH is 4. The summed E-state index contributed by atoms with van der Waals surface area (Å²) in [6, 6.07) is 0. The van der Waals surface area contributed by atoms with Crippen LogP contribution in [0.3, 0.4) is 0 Å². The van der Waals surface area contributed by atoms with Gasteiger partial charge in [0.15, 0.2) is 0 Å². The van der Waals surface area contributed by atoms with Gasteiger partial charge in [-0.3, -0.25) is 4.79 Å². The van der Waals surface area contributed by atoms with E-state index in [0.717, 1.165) is 25.7 Å². The molecule has 6 nitrogen and oxygen atoms in total. The predicted octanol–water partition coefficient (Wildman–Crippen LogP) is 3.31. The summed E-state index contributed by atoms with van der Waals surface area (Å²) in [5, 5.41) is 42.7. The number of carbonyl (C=O) groups excluding carboxylic acids is 1. The van der Waals surface area contributed by atoms with Crippen LogP contribution in [0.1, 0.15) is 73.1 Å². The van der Waals surface area contributed by atoms with Gasteiger partial charge in [0, 0.05) is 0 Å². The van der Waals surface area contributed by atoms with Gasteiger partial charge in [0.2, 0.25) is 0 Å². The smallest absolute Gasteiger partial charge is 0.309 e. The van der Waals surface area contributed by atoms with E-state index < -0.39 is 24.4 Å². The molecule has 34 heavy (non-hydrogen) atoms. The lowest BCUT2D eigenvalue weighted by Gasteiger charge is -2.56. The molecule has 1 aliphatic heterocycles. The molecule has 0 unspecified atom stereocenters. The molecule has 4 N–H and O–H groups in total. The first-order valence-electron chi connectivity index (χ1n) is 13.4. The van der Waals surface area contributed by atoms with Gasteiger partial charge in [-0.15, -0.1) is 0 Å². The van der Waals surface area contributed by atoms with E-state index in [1.165, 1.54) is 0 Å². The number of hydrogen-bond acceptors (Lipinski definition) is 6. The van der Waals surface area contributed by atoms with Gasteiger partial charge < -0.3 is 25.2 Å². The molecule has 0 spiro atoms. The van der Waals surface area contributed by atoms with Gasteiger partial charge in [0.05, 0.1) is 30.8 Å². The molecule has 1 saturated heterocycles. The largest absolute Gasteiger partial charge is 0.465 e. The van der Waals surface area contributed by atoms with Crippen molar-refractivity contribution in [2.24, 2.45) is 52.3 Å². The van der Waals surface area contributed by atoms with Crippen molar-refractivity contribution in [3.63, 3.8) is 0 Å². The average Bonchev–Trinajstić information content (AvgIpc) is 3.09. The second-order valence-corrected chi connectivity index (χ2v) is 12.9. The molecule has 0 radical (unpaired) electrons. The molecule has 0 aromatic rings. The van der Waals surface area contributed by atoms with Crippen LogP contribution in [-0.2, 0) is 9.53 Å². The highest BCUT2D eigenvalue weighted by atomic mass is 16.5. The third kappa shape index (κ3) is 3.97. The van der Waals surface area contributed by atoms with Crippen molar-refractivity contribution in [2.75, 3.05) is 6.61 Å². The molecule has 4 aliphatic rings. The minimum absolute atomic E-state index is 0.00412. The molecule has 0 aromatic carbocycles. The van der Waals surface area contributed by atoms with Crippen LogP contribution >= 0.6 is 0 Å². The summed E-state index contributed by atoms with van der Waals surface area (Å²) in [5.41, 5.74) is 0.290. The fourth-order valence-corrected chi connectivity index (χ4v) is 8.78. The van der Waals surface area contributed by atoms with Crippen molar-refractivity contribution in [1.29, 1.82) is 0 Å². The number of hydrogen-bond donors (Lipinski definition) is 4. The Morgan fingerprint density at radius 2 is 1.68 bits per heavy atom. The highest BCUT2D eigenvalue weighted by molar-refractivity contribution is 5.74. The first-order valence-corrected chi connectivity index (χ1v) is 13.4. The van der Waals surface area contributed by atoms with E-state index >= 15 is 0 Å². The number of ether oxygens (including phenoxy) is 1. The van der Waals surface area contributed by atoms with Crippen molar-refractivity contribution >= 4 is 5.97 Å². The highest BCUT2D eigenvalue weighted by Gasteiger charge is 2.63. The van der Waals surface area contributed by atoms with Crippen molar-refractivity contribution in [3.05, 3.63) is 12.2 Å². The standard InChI is InChI=1S/C28H46O6/c1-14(2)15(3)24(31)25(32)16(4)18-7-8-19-17-13-34-26(33)21-11-22(29)23(30)12-28(21,6)20(17)9-10-27(18,19)5/h14,16-25,29-32H,3,7-13H2,1-2,4-6H3/t16-,17-,18+,19-,20+,21+,22-,23+,24+,25+,27+,28+/m0/s1. The minimum Gasteiger partial charge on any atom is -0.465 e. The molecule has 194 valence electrons. The van der Waals surface area contributed by atoms with Crippen LogP contribution in [0.5, 0.6) is 0 Å². The van der Waals surface area contributed by atoms with E-state index in [0.29, 0.717) is 24.5 Å². The summed E-state index contributed by atoms with van der Waals surface area (Å²) in [6.45, 7) is 14.9. The quantitative estimate of drug-likeness (QED) is 0.357. The first kappa shape index (κ1) is 26.1. The zero-order valence-electron chi connectivity index (χ0n) is 21.6. The molecule has 0 amide bonds. The van der Waals surface area contributed by atoms with Gasteiger partial charge in [0.1, 0.15) is 6.10 Å². The molecule has 0 aromatic heterocycles. The summed E-state index contributed by atoms with van der Waals surface area (Å²) in [7, 11) is 0. The zero-order valence-corrected chi connectivity index (χ0v) is 21.6. The fourth-order valence-electron chi connectivity index (χ4n) is 8.78. The van der Waals surface area contributed by atoms with Gasteiger partial charge in [-0.1, -0.05) is 41.2 Å². The Morgan fingerprint density at radius 3 is 2.32 bits per heavy atom. The molecule has 4 rings (SSSR count). The topological polar surface area (TPSA) is 107 Å². The van der Waals surface area contributed by atoms with Crippen LogP contribution in [0.4, 0.5) is 0 Å². The van der Waals surface area contributed by atoms with Crippen LogP contribution < -0.4 is 0 Å². The summed E-state index contributed by atoms with van der Waals surface area (Å²) in [6.07, 6.45) is 1.19. The lowest BCUT2D eigenvalue weighted by Crippen LogP contribution is -2.55. The fraction of sp³-hybridized carbons (Fsp3) is 0.893. The van der Waals surface area contributed by atoms with Gasteiger partial charge in [-0.25, -0.2) is 0 Å². The molecular weight excluding hydrogens is 432 g/mol. The minimum atomic E-state index is -0.928. The van der Waals surface area contributed by atoms with Crippen molar-refractivity contribution < 1.29 is 30.0 Å². The van der Waals surface area contributed by atoms with E-state index in [4.69, 9.17) is 4.74 Å². The van der Waals surface area contributed by atoms with Crippen LogP contribution in [0.15, 0.2) is 12.2 Å². The Kier molecular flexibility index (Phi) is 7.05. The van der Waals surface area contributed by atoms with E-state index in [1.807, 2.05) is 13.8 Å². The van der Waals surface area contributed by atoms with Gasteiger partial charge in [-0.05, 0) is 90.4 Å². The number of cyclic esters (lactones) is 1. The number of aliphatic hydroxyl groups is 4. The Bertz CT molecular complexity index is 796. The number of esters is 1. The van der Waals surface area contributed by atoms with Gasteiger partial charge in [-0.2, -0.15) is 0 Å². The van der Waals surface area contributed by atoms with Gasteiger partial charge in [0.25, 0.3) is 0 Å². The van der Waals surface area contributed by atoms with Crippen molar-refractivity contribution in [1.82, 2.24) is 0 Å². The van der Waals surface area contributed by atoms with E-state index in [9.17, 15) is 25.2 Å². The Balaban J connectivity index is 1.58. The highest BCUT2D eigenvalue weighted by Crippen LogP contribution is 2.66. The number of carbonyl (C=O) groups is 1. The summed E-state index contributed by atoms with van der Waals surface area (Å²) >= 11 is 0. The first-order chi connectivity index (χ1) is 15.8. The van der Waals surface area contributed by atoms with Crippen LogP contribution in [0.2, 0.25) is 0 Å². The third-order valence-corrected chi connectivity index (χ3v) is 11.0. The number of rotatable bonds is 5. The molecular formula is C28H46O6. The van der Waals surface area contributed by atoms with E-state index in [-0.39, 0.29) is 58.7 Å². The Morgan fingerprint density at radius 1 is 1.03 bits per heavy atom. The van der Waals surface area contributed by atoms with Crippen LogP contribution in [-0.4, -0.2) is 57.4 Å². The normalized spacial score (nSPS) is 47.0. The lowest BCUT2D eigenvalue weighted by atomic mass is 9.48. The summed E-state index contributed by atoms with van der Waals surface area (Å²) in [5.74, 6) is 0.546. The molecule has 6 heteroatoms. The van der Waals surface area contributed by atoms with Gasteiger partial charge >= 0.3 is 5.97 Å². The lowest BCUT2D eigenvalue weighted by molar-refractivity contribution is -0.162. The van der Waals surface area contributed by atoms with Crippen molar-refractivity contribution in [3.8, 4) is 0 Å². The average molecular weight is 479 g/mol. The SMILES string of the molecule is C=C(C(C)C)[C@@H](O)[C@H](O)[C@@H](C)[C@H]1CC[C@H]2[C@@H]3COC(=O)[C@H]4C[C@H](O)[C@H](O)C[C@]4(C)[C@@H]3CC[C@]12C. The van der Waals surface area contributed by atoms with E-state index in [2.05, 4.69) is 27.4 Å². The third-order valence-electron chi connectivity index (χ3n) is 11.0. The second-order valence-electron chi connectivity index (χ2n) is 12.9. The summed E-state index contributed by atoms with van der Waals surface area (Å²) in [4.78, 5) is 13.0.